The monoisotopic (exact) mass is 208 g/mol. The molecule has 0 bridgehead atoms. The van der Waals surface area contributed by atoms with Gasteiger partial charge in [0.05, 0.1) is 14.2 Å². The van der Waals surface area contributed by atoms with Gasteiger partial charge in [-0.1, -0.05) is 0 Å². The van der Waals surface area contributed by atoms with E-state index in [1.54, 1.807) is 0 Å². The number of hydrogen-bond donors (Lipinski definition) is 0. The molecule has 0 aromatic carbocycles. The summed E-state index contributed by atoms with van der Waals surface area (Å²) in [6, 6.07) is 0. The van der Waals surface area contributed by atoms with Gasteiger partial charge in [-0.2, -0.15) is 0 Å². The van der Waals surface area contributed by atoms with E-state index >= 15 is 0 Å². The van der Waals surface area contributed by atoms with Crippen LogP contribution in [0.25, 0.3) is 0 Å². The molecule has 0 atom stereocenters. The normalized spacial score (nSPS) is 7.54. The second-order valence-electron chi connectivity index (χ2n) is 2.01. The first kappa shape index (κ1) is 19.5. The van der Waals surface area contributed by atoms with Gasteiger partial charge in [0.2, 0.25) is 0 Å². The molecule has 0 aromatic heterocycles. The molecule has 13 heavy (non-hydrogen) atoms. The van der Waals surface area contributed by atoms with Gasteiger partial charge in [0.1, 0.15) is 0 Å². The van der Waals surface area contributed by atoms with Crippen LogP contribution in [0.3, 0.4) is 0 Å². The SMILES string of the molecule is COC(=O)CCCC(=O)OC.[NaH].[NaH]. The van der Waals surface area contributed by atoms with E-state index in [4.69, 9.17) is 0 Å². The Hall–Kier alpha value is 0.940. The van der Waals surface area contributed by atoms with E-state index in [1.165, 1.54) is 14.2 Å². The van der Waals surface area contributed by atoms with Crippen molar-refractivity contribution in [1.29, 1.82) is 0 Å². The molecule has 0 aliphatic heterocycles. The van der Waals surface area contributed by atoms with Crippen LogP contribution < -0.4 is 0 Å². The number of ether oxygens (including phenoxy) is 2. The first-order valence-electron chi connectivity index (χ1n) is 3.34. The van der Waals surface area contributed by atoms with E-state index in [1.807, 2.05) is 0 Å². The molecule has 6 heteroatoms. The molecule has 68 valence electrons. The first-order valence-corrected chi connectivity index (χ1v) is 3.34. The Morgan fingerprint density at radius 2 is 1.23 bits per heavy atom. The molecule has 4 nitrogen and oxygen atoms in total. The quantitative estimate of drug-likeness (QED) is 0.448. The maximum atomic E-state index is 10.5. The molecule has 0 rings (SSSR count). The predicted molar refractivity (Wildman–Crippen MR) is 52.2 cm³/mol. The summed E-state index contributed by atoms with van der Waals surface area (Å²) in [6.07, 6.45) is 1.02. The molecule has 0 aliphatic carbocycles. The fraction of sp³-hybridized carbons (Fsp3) is 0.714. The Morgan fingerprint density at radius 1 is 0.923 bits per heavy atom. The fourth-order valence-electron chi connectivity index (χ4n) is 0.581. The van der Waals surface area contributed by atoms with Gasteiger partial charge in [0, 0.05) is 12.8 Å². The number of methoxy groups -OCH3 is 2. The number of carbonyl (C=O) groups excluding carboxylic acids is 2. The van der Waals surface area contributed by atoms with Crippen LogP contribution in [0, 0.1) is 0 Å². The van der Waals surface area contributed by atoms with Crippen molar-refractivity contribution >= 4 is 71.1 Å². The van der Waals surface area contributed by atoms with Gasteiger partial charge in [-0.3, -0.25) is 9.59 Å². The van der Waals surface area contributed by atoms with Crippen molar-refractivity contribution in [2.24, 2.45) is 0 Å². The third-order valence-corrected chi connectivity index (χ3v) is 1.22. The predicted octanol–water partition coefficient (Wildman–Crippen LogP) is -0.794. The summed E-state index contributed by atoms with van der Waals surface area (Å²) in [5.74, 6) is -0.595. The number of esters is 2. The Balaban J connectivity index is -0.000000500. The van der Waals surface area contributed by atoms with Gasteiger partial charge in [-0.05, 0) is 6.42 Å². The Kier molecular flexibility index (Phi) is 19.4. The van der Waals surface area contributed by atoms with Gasteiger partial charge >= 0.3 is 71.1 Å². The average molecular weight is 208 g/mol. The van der Waals surface area contributed by atoms with E-state index in [2.05, 4.69) is 9.47 Å². The van der Waals surface area contributed by atoms with Crippen LogP contribution in [0.4, 0.5) is 0 Å². The van der Waals surface area contributed by atoms with Crippen molar-refractivity contribution in [2.75, 3.05) is 14.2 Å². The van der Waals surface area contributed by atoms with E-state index in [9.17, 15) is 9.59 Å². The molecule has 0 aromatic rings. The van der Waals surface area contributed by atoms with Crippen LogP contribution in [0.15, 0.2) is 0 Å². The zero-order valence-electron chi connectivity index (χ0n) is 6.75. The van der Waals surface area contributed by atoms with E-state index in [0.717, 1.165) is 0 Å². The summed E-state index contributed by atoms with van der Waals surface area (Å²) in [6.45, 7) is 0. The molecule has 0 fully saturated rings. The summed E-state index contributed by atoms with van der Waals surface area (Å²) < 4.78 is 8.75. The molecule has 0 heterocycles. The minimum absolute atomic E-state index is 0. The Labute approximate surface area is 122 Å². The zero-order chi connectivity index (χ0) is 8.69. The van der Waals surface area contributed by atoms with Gasteiger partial charge in [-0.25, -0.2) is 0 Å². The average Bonchev–Trinajstić information content (AvgIpc) is 2.04. The molecule has 0 amide bonds. The molecular formula is C7H14Na2O4. The van der Waals surface area contributed by atoms with Crippen LogP contribution in [0.1, 0.15) is 19.3 Å². The molecular weight excluding hydrogens is 194 g/mol. The maximum absolute atomic E-state index is 10.5. The summed E-state index contributed by atoms with van der Waals surface area (Å²) in [5, 5.41) is 0. The van der Waals surface area contributed by atoms with E-state index < -0.39 is 0 Å². The van der Waals surface area contributed by atoms with Crippen LogP contribution in [-0.4, -0.2) is 85.3 Å². The molecule has 0 radical (unpaired) electrons. The summed E-state index contributed by atoms with van der Waals surface area (Å²) in [5.41, 5.74) is 0. The number of rotatable bonds is 4. The van der Waals surface area contributed by atoms with Crippen molar-refractivity contribution in [1.82, 2.24) is 0 Å². The summed E-state index contributed by atoms with van der Waals surface area (Å²) in [4.78, 5) is 21.0. The molecule has 0 aliphatic rings. The first-order chi connectivity index (χ1) is 5.20. The second kappa shape index (κ2) is 12.9. The molecule has 0 unspecified atom stereocenters. The van der Waals surface area contributed by atoms with Crippen LogP contribution in [-0.2, 0) is 19.1 Å². The number of hydrogen-bond acceptors (Lipinski definition) is 4. The van der Waals surface area contributed by atoms with Gasteiger partial charge in [0.25, 0.3) is 0 Å². The fourth-order valence-corrected chi connectivity index (χ4v) is 0.581. The van der Waals surface area contributed by atoms with Crippen molar-refractivity contribution < 1.29 is 19.1 Å². The summed E-state index contributed by atoms with van der Waals surface area (Å²) in [7, 11) is 2.64. The molecule has 0 spiro atoms. The van der Waals surface area contributed by atoms with Gasteiger partial charge in [0.15, 0.2) is 0 Å². The van der Waals surface area contributed by atoms with Crippen molar-refractivity contribution in [3.8, 4) is 0 Å². The van der Waals surface area contributed by atoms with Crippen molar-refractivity contribution in [3.05, 3.63) is 0 Å². The van der Waals surface area contributed by atoms with Crippen molar-refractivity contribution in [2.45, 2.75) is 19.3 Å². The second-order valence-corrected chi connectivity index (χ2v) is 2.01. The van der Waals surface area contributed by atoms with Crippen LogP contribution >= 0.6 is 0 Å². The molecule has 0 saturated heterocycles. The van der Waals surface area contributed by atoms with Crippen LogP contribution in [0.5, 0.6) is 0 Å². The Bertz CT molecular complexity index is 133. The van der Waals surface area contributed by atoms with Crippen LogP contribution in [0.2, 0.25) is 0 Å². The third-order valence-electron chi connectivity index (χ3n) is 1.22. The van der Waals surface area contributed by atoms with Crippen molar-refractivity contribution in [3.63, 3.8) is 0 Å². The minimum atomic E-state index is -0.297. The van der Waals surface area contributed by atoms with Gasteiger partial charge < -0.3 is 9.47 Å². The van der Waals surface area contributed by atoms with Gasteiger partial charge in [-0.15, -0.1) is 0 Å². The van der Waals surface area contributed by atoms with E-state index in [-0.39, 0.29) is 83.9 Å². The molecule has 0 N–H and O–H groups in total. The van der Waals surface area contributed by atoms with E-state index in [0.29, 0.717) is 6.42 Å². The standard InChI is InChI=1S/C7H12O4.2Na.2H/c1-10-6(8)4-3-5-7(9)11-2;;;;/h3-5H2,1-2H3;;;;. The summed E-state index contributed by atoms with van der Waals surface area (Å²) >= 11 is 0. The topological polar surface area (TPSA) is 52.6 Å². The Morgan fingerprint density at radius 3 is 1.46 bits per heavy atom. The zero-order valence-corrected chi connectivity index (χ0v) is 6.75. The number of carbonyl (C=O) groups is 2. The molecule has 0 saturated carbocycles. The third kappa shape index (κ3) is 12.9.